The van der Waals surface area contributed by atoms with E-state index < -0.39 is 12.1 Å². The van der Waals surface area contributed by atoms with Gasteiger partial charge in [0.25, 0.3) is 0 Å². The highest BCUT2D eigenvalue weighted by atomic mass is 32.1. The summed E-state index contributed by atoms with van der Waals surface area (Å²) >= 11 is 1.44. The number of nitriles is 1. The minimum Gasteiger partial charge on any atom is -0.444 e. The molecule has 20 heavy (non-hydrogen) atoms. The maximum atomic E-state index is 12.2. The highest BCUT2D eigenvalue weighted by Crippen LogP contribution is 2.38. The lowest BCUT2D eigenvalue weighted by atomic mass is 9.95. The zero-order chi connectivity index (χ0) is 14.7. The quantitative estimate of drug-likeness (QED) is 0.869. The van der Waals surface area contributed by atoms with E-state index in [0.717, 1.165) is 36.1 Å². The third kappa shape index (κ3) is 2.99. The molecular weight excluding hydrogens is 276 g/mol. The molecule has 1 aliphatic rings. The van der Waals surface area contributed by atoms with E-state index in [0.29, 0.717) is 10.6 Å². The Morgan fingerprint density at radius 2 is 2.10 bits per heavy atom. The fourth-order valence-corrected chi connectivity index (χ4v) is 3.60. The number of amides is 1. The summed E-state index contributed by atoms with van der Waals surface area (Å²) in [6.45, 7) is 2.93. The van der Waals surface area contributed by atoms with E-state index in [1.807, 2.05) is 6.07 Å². The Morgan fingerprint density at radius 3 is 2.75 bits per heavy atom. The van der Waals surface area contributed by atoms with Crippen molar-refractivity contribution < 1.29 is 14.3 Å². The summed E-state index contributed by atoms with van der Waals surface area (Å²) < 4.78 is 5.09. The van der Waals surface area contributed by atoms with Crippen LogP contribution in [-0.2, 0) is 22.4 Å². The predicted octanol–water partition coefficient (Wildman–Crippen LogP) is 2.65. The molecule has 2 rings (SSSR count). The highest BCUT2D eigenvalue weighted by Gasteiger charge is 2.27. The molecule has 6 heteroatoms. The number of carbonyl (C=O) groups excluding carboxylic acids is 2. The molecule has 1 N–H and O–H groups in total. The average molecular weight is 292 g/mol. The molecule has 0 saturated carbocycles. The van der Waals surface area contributed by atoms with Gasteiger partial charge in [0.15, 0.2) is 6.10 Å². The third-order valence-corrected chi connectivity index (χ3v) is 4.34. The van der Waals surface area contributed by atoms with Crippen LogP contribution >= 0.6 is 11.3 Å². The summed E-state index contributed by atoms with van der Waals surface area (Å²) in [4.78, 5) is 24.6. The maximum absolute atomic E-state index is 12.2. The Labute approximate surface area is 121 Å². The third-order valence-electron chi connectivity index (χ3n) is 3.13. The van der Waals surface area contributed by atoms with Crippen molar-refractivity contribution in [1.29, 1.82) is 5.26 Å². The molecule has 0 bridgehead atoms. The van der Waals surface area contributed by atoms with Gasteiger partial charge in [0.05, 0.1) is 5.56 Å². The first kappa shape index (κ1) is 14.5. The molecule has 0 radical (unpaired) electrons. The number of fused-ring (bicyclic) bond motifs is 1. The summed E-state index contributed by atoms with van der Waals surface area (Å²) in [6.07, 6.45) is 3.06. The summed E-state index contributed by atoms with van der Waals surface area (Å²) in [5.41, 5.74) is 1.40. The van der Waals surface area contributed by atoms with Crippen molar-refractivity contribution in [3.63, 3.8) is 0 Å². The molecule has 1 amide bonds. The highest BCUT2D eigenvalue weighted by molar-refractivity contribution is 7.17. The van der Waals surface area contributed by atoms with E-state index in [1.54, 1.807) is 0 Å². The van der Waals surface area contributed by atoms with Crippen LogP contribution in [0.4, 0.5) is 5.00 Å². The number of thiophene rings is 1. The number of nitrogens with zero attached hydrogens (tertiary/aromatic N) is 1. The van der Waals surface area contributed by atoms with Gasteiger partial charge in [0.2, 0.25) is 5.91 Å². The Hall–Kier alpha value is -1.87. The van der Waals surface area contributed by atoms with E-state index in [9.17, 15) is 9.59 Å². The van der Waals surface area contributed by atoms with Crippen molar-refractivity contribution in [2.45, 2.75) is 45.6 Å². The SMILES string of the molecule is CC(=O)Nc1sc2c(c1C(=O)O[C@@H](C)C#N)CCCC2. The fourth-order valence-electron chi connectivity index (χ4n) is 2.28. The molecule has 0 saturated heterocycles. The van der Waals surface area contributed by atoms with Crippen LogP contribution in [0, 0.1) is 11.3 Å². The zero-order valence-corrected chi connectivity index (χ0v) is 12.3. The molecule has 1 aromatic rings. The Morgan fingerprint density at radius 1 is 1.40 bits per heavy atom. The van der Waals surface area contributed by atoms with E-state index in [2.05, 4.69) is 5.32 Å². The predicted molar refractivity (Wildman–Crippen MR) is 75.8 cm³/mol. The van der Waals surface area contributed by atoms with Crippen molar-refractivity contribution in [3.05, 3.63) is 16.0 Å². The normalized spacial score (nSPS) is 14.8. The number of hydrogen-bond acceptors (Lipinski definition) is 5. The second kappa shape index (κ2) is 6.06. The average Bonchev–Trinajstić information content (AvgIpc) is 2.75. The van der Waals surface area contributed by atoms with Crippen molar-refractivity contribution in [2.24, 2.45) is 0 Å². The molecule has 0 aliphatic heterocycles. The minimum absolute atomic E-state index is 0.217. The number of ether oxygens (including phenoxy) is 1. The van der Waals surface area contributed by atoms with Gasteiger partial charge in [-0.1, -0.05) is 0 Å². The van der Waals surface area contributed by atoms with Crippen LogP contribution in [-0.4, -0.2) is 18.0 Å². The molecule has 1 atom stereocenters. The van der Waals surface area contributed by atoms with Gasteiger partial charge in [-0.05, 0) is 38.2 Å². The Kier molecular flexibility index (Phi) is 4.40. The molecule has 1 aromatic heterocycles. The van der Waals surface area contributed by atoms with Gasteiger partial charge in [-0.3, -0.25) is 4.79 Å². The molecule has 0 spiro atoms. The maximum Gasteiger partial charge on any atom is 0.342 e. The number of rotatable bonds is 3. The summed E-state index contributed by atoms with van der Waals surface area (Å²) in [5.74, 6) is -0.742. The van der Waals surface area contributed by atoms with Crippen molar-refractivity contribution >= 4 is 28.2 Å². The standard InChI is InChI=1S/C14H16N2O3S/c1-8(7-15)19-14(18)12-10-5-3-4-6-11(10)20-13(12)16-9(2)17/h8H,3-6H2,1-2H3,(H,16,17)/t8-/m0/s1. The zero-order valence-electron chi connectivity index (χ0n) is 11.5. The molecule has 0 fully saturated rings. The van der Waals surface area contributed by atoms with Crippen molar-refractivity contribution in [2.75, 3.05) is 5.32 Å². The first-order valence-corrected chi connectivity index (χ1v) is 7.37. The van der Waals surface area contributed by atoms with Crippen LogP contribution in [0.25, 0.3) is 0 Å². The van der Waals surface area contributed by atoms with E-state index >= 15 is 0 Å². The number of aryl methyl sites for hydroxylation is 1. The molecule has 0 unspecified atom stereocenters. The molecule has 0 aromatic carbocycles. The fraction of sp³-hybridized carbons (Fsp3) is 0.500. The van der Waals surface area contributed by atoms with E-state index in [4.69, 9.17) is 10.00 Å². The number of carbonyl (C=O) groups is 2. The second-order valence-corrected chi connectivity index (χ2v) is 5.88. The first-order valence-electron chi connectivity index (χ1n) is 6.55. The van der Waals surface area contributed by atoms with Crippen molar-refractivity contribution in [1.82, 2.24) is 0 Å². The minimum atomic E-state index is -0.799. The van der Waals surface area contributed by atoms with Crippen LogP contribution in [0.3, 0.4) is 0 Å². The van der Waals surface area contributed by atoms with Crippen LogP contribution in [0.1, 0.15) is 47.5 Å². The number of esters is 1. The lowest BCUT2D eigenvalue weighted by molar-refractivity contribution is -0.114. The Balaban J connectivity index is 2.38. The lowest BCUT2D eigenvalue weighted by Crippen LogP contribution is -2.17. The molecular formula is C14H16N2O3S. The smallest absolute Gasteiger partial charge is 0.342 e. The van der Waals surface area contributed by atoms with Crippen LogP contribution < -0.4 is 5.32 Å². The largest absolute Gasteiger partial charge is 0.444 e. The summed E-state index contributed by atoms with van der Waals surface area (Å²) in [6, 6.07) is 1.87. The number of hydrogen-bond donors (Lipinski definition) is 1. The lowest BCUT2D eigenvalue weighted by Gasteiger charge is -2.13. The van der Waals surface area contributed by atoms with Gasteiger partial charge in [-0.25, -0.2) is 4.79 Å². The molecule has 1 aliphatic carbocycles. The van der Waals surface area contributed by atoms with E-state index in [-0.39, 0.29) is 5.91 Å². The van der Waals surface area contributed by atoms with Gasteiger partial charge in [-0.15, -0.1) is 11.3 Å². The van der Waals surface area contributed by atoms with Crippen molar-refractivity contribution in [3.8, 4) is 6.07 Å². The van der Waals surface area contributed by atoms with Gasteiger partial charge in [0, 0.05) is 11.8 Å². The van der Waals surface area contributed by atoms with Crippen LogP contribution in [0.2, 0.25) is 0 Å². The topological polar surface area (TPSA) is 79.2 Å². The van der Waals surface area contributed by atoms with Gasteiger partial charge in [-0.2, -0.15) is 5.26 Å². The summed E-state index contributed by atoms with van der Waals surface area (Å²) in [5, 5.41) is 12.0. The van der Waals surface area contributed by atoms with Crippen LogP contribution in [0.5, 0.6) is 0 Å². The summed E-state index contributed by atoms with van der Waals surface area (Å²) in [7, 11) is 0. The van der Waals surface area contributed by atoms with Gasteiger partial charge in [0.1, 0.15) is 11.1 Å². The molecule has 5 nitrogen and oxygen atoms in total. The molecule has 106 valence electrons. The monoisotopic (exact) mass is 292 g/mol. The molecule has 1 heterocycles. The second-order valence-electron chi connectivity index (χ2n) is 4.77. The Bertz CT molecular complexity index is 586. The first-order chi connectivity index (χ1) is 9.52. The number of nitrogens with one attached hydrogen (secondary N) is 1. The van der Waals surface area contributed by atoms with Gasteiger partial charge < -0.3 is 10.1 Å². The van der Waals surface area contributed by atoms with E-state index in [1.165, 1.54) is 25.2 Å². The van der Waals surface area contributed by atoms with Gasteiger partial charge >= 0.3 is 5.97 Å². The van der Waals surface area contributed by atoms with Crippen LogP contribution in [0.15, 0.2) is 0 Å². The number of anilines is 1.